The molecule has 0 spiro atoms. The third-order valence-electron chi connectivity index (χ3n) is 2.33. The first-order chi connectivity index (χ1) is 9.40. The molecule has 0 bridgehead atoms. The van der Waals surface area contributed by atoms with Gasteiger partial charge in [0.15, 0.2) is 5.75 Å². The van der Waals surface area contributed by atoms with E-state index in [2.05, 4.69) is 4.74 Å². The van der Waals surface area contributed by atoms with Crippen LogP contribution in [0.2, 0.25) is 0 Å². The lowest BCUT2D eigenvalue weighted by Gasteiger charge is -2.04. The first-order valence-corrected chi connectivity index (χ1v) is 5.26. The number of methoxy groups -OCH3 is 2. The molecule has 8 heteroatoms. The Hall–Kier alpha value is -2.90. The molecule has 0 radical (unpaired) electrons. The molecular weight excluding hydrogens is 270 g/mol. The van der Waals surface area contributed by atoms with E-state index in [0.29, 0.717) is 6.08 Å². The van der Waals surface area contributed by atoms with Crippen LogP contribution in [-0.2, 0) is 14.3 Å². The standard InChI is InChI=1S/C12H11NO7/c1-19-11-4-3-7(5-8(11)13(17)18)9(14)6-10(15)12(16)20-2/h3-6,14H,1-2H3/b9-6-. The molecule has 8 nitrogen and oxygen atoms in total. The van der Waals surface area contributed by atoms with E-state index in [4.69, 9.17) is 4.74 Å². The van der Waals surface area contributed by atoms with E-state index in [1.165, 1.54) is 19.2 Å². The lowest BCUT2D eigenvalue weighted by molar-refractivity contribution is -0.385. The molecule has 0 aromatic heterocycles. The van der Waals surface area contributed by atoms with Crippen LogP contribution in [0.4, 0.5) is 5.69 Å². The molecule has 0 aliphatic heterocycles. The summed E-state index contributed by atoms with van der Waals surface area (Å²) in [7, 11) is 2.28. The number of hydrogen-bond donors (Lipinski definition) is 1. The molecule has 0 aliphatic carbocycles. The van der Waals surface area contributed by atoms with Gasteiger partial charge in [0.2, 0.25) is 0 Å². The van der Waals surface area contributed by atoms with Crippen LogP contribution in [-0.4, -0.2) is 36.0 Å². The Morgan fingerprint density at radius 3 is 2.50 bits per heavy atom. The van der Waals surface area contributed by atoms with Gasteiger partial charge in [0, 0.05) is 17.7 Å². The summed E-state index contributed by atoms with van der Waals surface area (Å²) in [4.78, 5) is 32.2. The van der Waals surface area contributed by atoms with Crippen LogP contribution < -0.4 is 4.74 Å². The Kier molecular flexibility index (Phi) is 4.79. The number of nitro groups is 1. The van der Waals surface area contributed by atoms with Gasteiger partial charge in [0.1, 0.15) is 5.76 Å². The fourth-order valence-electron chi connectivity index (χ4n) is 1.36. The van der Waals surface area contributed by atoms with Crippen LogP contribution in [0.5, 0.6) is 5.75 Å². The fourth-order valence-corrected chi connectivity index (χ4v) is 1.36. The molecule has 20 heavy (non-hydrogen) atoms. The number of esters is 1. The Morgan fingerprint density at radius 1 is 1.35 bits per heavy atom. The van der Waals surface area contributed by atoms with Gasteiger partial charge < -0.3 is 14.6 Å². The van der Waals surface area contributed by atoms with Crippen molar-refractivity contribution in [2.24, 2.45) is 0 Å². The van der Waals surface area contributed by atoms with Gasteiger partial charge >= 0.3 is 11.7 Å². The summed E-state index contributed by atoms with van der Waals surface area (Å²) in [5.74, 6) is -2.82. The summed E-state index contributed by atoms with van der Waals surface area (Å²) in [5, 5.41) is 20.5. The second kappa shape index (κ2) is 6.32. The molecule has 0 amide bonds. The van der Waals surface area contributed by atoms with E-state index in [-0.39, 0.29) is 17.0 Å². The number of aliphatic hydroxyl groups is 1. The lowest BCUT2D eigenvalue weighted by atomic mass is 10.1. The zero-order chi connectivity index (χ0) is 15.3. The van der Waals surface area contributed by atoms with Gasteiger partial charge in [0.25, 0.3) is 5.78 Å². The summed E-state index contributed by atoms with van der Waals surface area (Å²) in [5.41, 5.74) is -0.384. The summed E-state index contributed by atoms with van der Waals surface area (Å²) in [6.07, 6.45) is 0.622. The van der Waals surface area contributed by atoms with Gasteiger partial charge in [-0.3, -0.25) is 14.9 Å². The third-order valence-corrected chi connectivity index (χ3v) is 2.33. The minimum atomic E-state index is -1.15. The molecular formula is C12H11NO7. The molecule has 0 heterocycles. The molecule has 0 saturated heterocycles. The molecule has 0 saturated carbocycles. The normalized spacial score (nSPS) is 10.8. The van der Waals surface area contributed by atoms with Gasteiger partial charge in [-0.2, -0.15) is 0 Å². The maximum Gasteiger partial charge on any atom is 0.378 e. The van der Waals surface area contributed by atoms with Crippen molar-refractivity contribution in [3.63, 3.8) is 0 Å². The molecule has 0 unspecified atom stereocenters. The zero-order valence-corrected chi connectivity index (χ0v) is 10.7. The number of hydrogen-bond acceptors (Lipinski definition) is 7. The summed E-state index contributed by atoms with van der Waals surface area (Å²) < 4.78 is 8.97. The van der Waals surface area contributed by atoms with Crippen molar-refractivity contribution in [2.75, 3.05) is 14.2 Å². The van der Waals surface area contributed by atoms with Crippen LogP contribution in [0.3, 0.4) is 0 Å². The maximum atomic E-state index is 11.2. The Labute approximate surface area is 113 Å². The molecule has 1 aromatic carbocycles. The number of carbonyl (C=O) groups excluding carboxylic acids is 2. The van der Waals surface area contributed by atoms with E-state index < -0.39 is 22.4 Å². The van der Waals surface area contributed by atoms with E-state index in [1.807, 2.05) is 0 Å². The molecule has 0 atom stereocenters. The monoisotopic (exact) mass is 281 g/mol. The highest BCUT2D eigenvalue weighted by Crippen LogP contribution is 2.29. The highest BCUT2D eigenvalue weighted by Gasteiger charge is 2.18. The van der Waals surface area contributed by atoms with Gasteiger partial charge in [0.05, 0.1) is 19.1 Å². The zero-order valence-electron chi connectivity index (χ0n) is 10.7. The largest absolute Gasteiger partial charge is 0.507 e. The van der Waals surface area contributed by atoms with Crippen molar-refractivity contribution in [1.82, 2.24) is 0 Å². The smallest absolute Gasteiger partial charge is 0.378 e. The molecule has 106 valence electrons. The van der Waals surface area contributed by atoms with Crippen LogP contribution in [0.15, 0.2) is 24.3 Å². The van der Waals surface area contributed by atoms with Gasteiger partial charge in [-0.15, -0.1) is 0 Å². The second-order valence-corrected chi connectivity index (χ2v) is 3.53. The number of carbonyl (C=O) groups is 2. The van der Waals surface area contributed by atoms with Crippen molar-refractivity contribution in [2.45, 2.75) is 0 Å². The van der Waals surface area contributed by atoms with Crippen LogP contribution in [0.25, 0.3) is 5.76 Å². The highest BCUT2D eigenvalue weighted by molar-refractivity contribution is 6.39. The average Bonchev–Trinajstić information content (AvgIpc) is 2.45. The topological polar surface area (TPSA) is 116 Å². The summed E-state index contributed by atoms with van der Waals surface area (Å²) in [6.45, 7) is 0. The molecule has 0 fully saturated rings. The number of nitrogens with zero attached hydrogens (tertiary/aromatic N) is 1. The Morgan fingerprint density at radius 2 is 2.00 bits per heavy atom. The maximum absolute atomic E-state index is 11.2. The number of ketones is 1. The summed E-state index contributed by atoms with van der Waals surface area (Å²) in [6, 6.07) is 3.59. The number of ether oxygens (including phenoxy) is 2. The quantitative estimate of drug-likeness (QED) is 0.215. The number of aliphatic hydroxyl groups excluding tert-OH is 1. The van der Waals surface area contributed by atoms with Crippen molar-refractivity contribution in [3.05, 3.63) is 40.0 Å². The number of rotatable bonds is 5. The Balaban J connectivity index is 3.17. The lowest BCUT2D eigenvalue weighted by Crippen LogP contribution is -2.13. The van der Waals surface area contributed by atoms with Crippen molar-refractivity contribution in [1.29, 1.82) is 0 Å². The molecule has 1 N–H and O–H groups in total. The van der Waals surface area contributed by atoms with Crippen molar-refractivity contribution in [3.8, 4) is 5.75 Å². The highest BCUT2D eigenvalue weighted by atomic mass is 16.6. The number of nitro benzene ring substituents is 1. The second-order valence-electron chi connectivity index (χ2n) is 3.53. The first kappa shape index (κ1) is 15.2. The Bertz CT molecular complexity index is 591. The van der Waals surface area contributed by atoms with Gasteiger partial charge in [-0.1, -0.05) is 0 Å². The fraction of sp³-hybridized carbons (Fsp3) is 0.167. The van der Waals surface area contributed by atoms with Crippen LogP contribution in [0.1, 0.15) is 5.56 Å². The SMILES string of the molecule is COC(=O)C(=O)/C=C(\O)c1ccc(OC)c([N+](=O)[O-])c1. The van der Waals surface area contributed by atoms with E-state index in [0.717, 1.165) is 13.2 Å². The first-order valence-electron chi connectivity index (χ1n) is 5.26. The minimum absolute atomic E-state index is 0.00486. The van der Waals surface area contributed by atoms with Crippen molar-refractivity contribution >= 4 is 23.2 Å². The van der Waals surface area contributed by atoms with Crippen LogP contribution >= 0.6 is 0 Å². The average molecular weight is 281 g/mol. The van der Waals surface area contributed by atoms with E-state index in [9.17, 15) is 24.8 Å². The minimum Gasteiger partial charge on any atom is -0.507 e. The molecule has 1 rings (SSSR count). The predicted molar refractivity (Wildman–Crippen MR) is 67.3 cm³/mol. The van der Waals surface area contributed by atoms with Gasteiger partial charge in [-0.05, 0) is 12.1 Å². The van der Waals surface area contributed by atoms with E-state index in [1.54, 1.807) is 0 Å². The van der Waals surface area contributed by atoms with Crippen LogP contribution in [0, 0.1) is 10.1 Å². The van der Waals surface area contributed by atoms with Gasteiger partial charge in [-0.25, -0.2) is 4.79 Å². The predicted octanol–water partition coefficient (Wildman–Crippen LogP) is 1.24. The van der Waals surface area contributed by atoms with E-state index >= 15 is 0 Å². The number of benzene rings is 1. The summed E-state index contributed by atoms with van der Waals surface area (Å²) >= 11 is 0. The molecule has 0 aliphatic rings. The van der Waals surface area contributed by atoms with Crippen molar-refractivity contribution < 1.29 is 29.1 Å². The third kappa shape index (κ3) is 3.31. The molecule has 1 aromatic rings.